The van der Waals surface area contributed by atoms with Gasteiger partial charge in [-0.25, -0.2) is 0 Å². The Hall–Kier alpha value is -4.08. The van der Waals surface area contributed by atoms with E-state index in [4.69, 9.17) is 14.2 Å². The third-order valence-electron chi connectivity index (χ3n) is 8.29. The van der Waals surface area contributed by atoms with Crippen molar-refractivity contribution in [3.8, 4) is 11.5 Å². The summed E-state index contributed by atoms with van der Waals surface area (Å²) < 4.78 is 16.1. The summed E-state index contributed by atoms with van der Waals surface area (Å²) in [7, 11) is 3.08. The smallest absolute Gasteiger partial charge is 0.259 e. The zero-order chi connectivity index (χ0) is 30.0. The topological polar surface area (TPSA) is 92.4 Å². The minimum Gasteiger partial charge on any atom is -0.497 e. The first-order valence-corrected chi connectivity index (χ1v) is 15.1. The summed E-state index contributed by atoms with van der Waals surface area (Å²) in [5.41, 5.74) is 3.74. The van der Waals surface area contributed by atoms with E-state index in [1.54, 1.807) is 31.4 Å². The van der Waals surface area contributed by atoms with Crippen LogP contribution in [0, 0.1) is 5.92 Å². The Morgan fingerprint density at radius 2 is 1.63 bits per heavy atom. The van der Waals surface area contributed by atoms with Crippen LogP contribution in [0.2, 0.25) is 0 Å². The first-order valence-electron chi connectivity index (χ1n) is 15.1. The molecule has 0 radical (unpaired) electrons. The van der Waals surface area contributed by atoms with Crippen molar-refractivity contribution in [1.29, 1.82) is 0 Å². The van der Waals surface area contributed by atoms with Crippen molar-refractivity contribution in [2.24, 2.45) is 5.92 Å². The number of carbonyl (C=O) groups is 2. The molecule has 3 aromatic carbocycles. The Bertz CT molecular complexity index is 1370. The number of carbonyl (C=O) groups excluding carboxylic acids is 2. The first-order chi connectivity index (χ1) is 21.0. The maximum Gasteiger partial charge on any atom is 0.259 e. The van der Waals surface area contributed by atoms with E-state index in [2.05, 4.69) is 50.8 Å². The van der Waals surface area contributed by atoms with Crippen LogP contribution in [0.1, 0.15) is 39.1 Å². The van der Waals surface area contributed by atoms with Crippen LogP contribution >= 0.6 is 0 Å². The third-order valence-corrected chi connectivity index (χ3v) is 8.29. The number of hydrogen-bond donors (Lipinski definition) is 2. The van der Waals surface area contributed by atoms with E-state index in [0.717, 1.165) is 70.9 Å². The molecule has 2 saturated heterocycles. The van der Waals surface area contributed by atoms with Gasteiger partial charge in [-0.2, -0.15) is 0 Å². The molecule has 2 fully saturated rings. The lowest BCUT2D eigenvalue weighted by atomic mass is 9.89. The normalized spacial score (nSPS) is 16.0. The predicted molar refractivity (Wildman–Crippen MR) is 169 cm³/mol. The lowest BCUT2D eigenvalue weighted by Gasteiger charge is -2.35. The van der Waals surface area contributed by atoms with Crippen molar-refractivity contribution in [1.82, 2.24) is 10.2 Å². The maximum atomic E-state index is 13.6. The summed E-state index contributed by atoms with van der Waals surface area (Å²) in [6.07, 6.45) is 3.19. The van der Waals surface area contributed by atoms with Gasteiger partial charge in [-0.05, 0) is 61.1 Å². The second-order valence-corrected chi connectivity index (χ2v) is 11.1. The maximum absolute atomic E-state index is 13.6. The predicted octanol–water partition coefficient (Wildman–Crippen LogP) is 4.48. The molecular weight excluding hydrogens is 544 g/mol. The highest BCUT2D eigenvalue weighted by Crippen LogP contribution is 2.31. The van der Waals surface area contributed by atoms with Crippen LogP contribution in [0.25, 0.3) is 0 Å². The molecule has 2 aliphatic heterocycles. The number of rotatable bonds is 11. The number of morpholine rings is 1. The molecule has 2 aliphatic rings. The second-order valence-electron chi connectivity index (χ2n) is 11.1. The molecular formula is C34H42N4O5. The highest BCUT2D eigenvalue weighted by atomic mass is 16.5. The highest BCUT2D eigenvalue weighted by molar-refractivity contribution is 6.08. The van der Waals surface area contributed by atoms with Gasteiger partial charge in [0, 0.05) is 56.7 Å². The van der Waals surface area contributed by atoms with Crippen LogP contribution < -0.4 is 25.0 Å². The summed E-state index contributed by atoms with van der Waals surface area (Å²) in [5, 5.41) is 6.07. The van der Waals surface area contributed by atoms with Crippen molar-refractivity contribution in [2.75, 3.05) is 76.9 Å². The monoisotopic (exact) mass is 586 g/mol. The largest absolute Gasteiger partial charge is 0.497 e. The van der Waals surface area contributed by atoms with Crippen LogP contribution in [-0.4, -0.2) is 83.4 Å². The van der Waals surface area contributed by atoms with E-state index in [1.807, 2.05) is 12.1 Å². The Labute approximate surface area is 254 Å². The van der Waals surface area contributed by atoms with E-state index in [-0.39, 0.29) is 11.8 Å². The zero-order valence-corrected chi connectivity index (χ0v) is 25.1. The number of benzene rings is 3. The molecule has 0 saturated carbocycles. The molecule has 0 spiro atoms. The molecule has 2 heterocycles. The van der Waals surface area contributed by atoms with Gasteiger partial charge in [-0.1, -0.05) is 30.3 Å². The van der Waals surface area contributed by atoms with Crippen LogP contribution in [0.3, 0.4) is 0 Å². The number of nitrogens with one attached hydrogen (secondary N) is 2. The second kappa shape index (κ2) is 14.9. The minimum absolute atomic E-state index is 0.146. The average molecular weight is 587 g/mol. The number of amides is 2. The van der Waals surface area contributed by atoms with Crippen LogP contribution in [0.4, 0.5) is 11.4 Å². The van der Waals surface area contributed by atoms with Gasteiger partial charge >= 0.3 is 0 Å². The number of nitrogens with zero attached hydrogens (tertiary/aromatic N) is 2. The molecule has 3 aromatic rings. The number of anilines is 2. The van der Waals surface area contributed by atoms with Gasteiger partial charge in [0.1, 0.15) is 11.5 Å². The summed E-state index contributed by atoms with van der Waals surface area (Å²) >= 11 is 0. The Morgan fingerprint density at radius 1 is 0.860 bits per heavy atom. The Morgan fingerprint density at radius 3 is 2.35 bits per heavy atom. The van der Waals surface area contributed by atoms with Gasteiger partial charge in [0.05, 0.1) is 38.6 Å². The van der Waals surface area contributed by atoms with E-state index < -0.39 is 0 Å². The van der Waals surface area contributed by atoms with Gasteiger partial charge in [0.2, 0.25) is 0 Å². The van der Waals surface area contributed by atoms with Gasteiger partial charge < -0.3 is 29.7 Å². The molecule has 9 heteroatoms. The van der Waals surface area contributed by atoms with Crippen LogP contribution in [0.5, 0.6) is 11.5 Å². The van der Waals surface area contributed by atoms with Gasteiger partial charge in [0.15, 0.2) is 0 Å². The van der Waals surface area contributed by atoms with Crippen LogP contribution in [-0.2, 0) is 11.2 Å². The first kappa shape index (κ1) is 30.4. The molecule has 0 aromatic heterocycles. The van der Waals surface area contributed by atoms with Crippen molar-refractivity contribution in [3.05, 3.63) is 83.4 Å². The van der Waals surface area contributed by atoms with Crippen molar-refractivity contribution in [3.63, 3.8) is 0 Å². The number of piperidine rings is 1. The summed E-state index contributed by atoms with van der Waals surface area (Å²) in [6, 6.07) is 21.3. The molecule has 2 N–H and O–H groups in total. The zero-order valence-electron chi connectivity index (χ0n) is 25.1. The fraction of sp³-hybridized carbons (Fsp3) is 0.412. The summed E-state index contributed by atoms with van der Waals surface area (Å²) in [6.45, 7) is 6.24. The average Bonchev–Trinajstić information content (AvgIpc) is 3.05. The van der Waals surface area contributed by atoms with E-state index >= 15 is 0 Å². The number of hydrogen-bond acceptors (Lipinski definition) is 7. The number of ether oxygens (including phenoxy) is 3. The van der Waals surface area contributed by atoms with Gasteiger partial charge in [0.25, 0.3) is 11.8 Å². The molecule has 5 rings (SSSR count). The molecule has 2 amide bonds. The molecule has 43 heavy (non-hydrogen) atoms. The molecule has 0 aliphatic carbocycles. The fourth-order valence-electron chi connectivity index (χ4n) is 5.83. The summed E-state index contributed by atoms with van der Waals surface area (Å²) in [5.74, 6) is 1.15. The molecule has 0 bridgehead atoms. The third kappa shape index (κ3) is 8.06. The molecule has 0 atom stereocenters. The lowest BCUT2D eigenvalue weighted by molar-refractivity contribution is 0.0383. The van der Waals surface area contributed by atoms with E-state index in [0.29, 0.717) is 40.8 Å². The van der Waals surface area contributed by atoms with E-state index in [9.17, 15) is 9.59 Å². The Kier molecular flexibility index (Phi) is 10.5. The van der Waals surface area contributed by atoms with Gasteiger partial charge in [-0.15, -0.1) is 0 Å². The van der Waals surface area contributed by atoms with E-state index in [1.165, 1.54) is 12.7 Å². The molecule has 228 valence electrons. The van der Waals surface area contributed by atoms with Crippen molar-refractivity contribution < 1.29 is 23.8 Å². The Balaban J connectivity index is 1.30. The fourth-order valence-corrected chi connectivity index (χ4v) is 5.83. The van der Waals surface area contributed by atoms with Crippen molar-refractivity contribution in [2.45, 2.75) is 19.3 Å². The number of methoxy groups -OCH3 is 2. The SMILES string of the molecule is COc1ccc(C(=O)Nc2ccc(N3CCC(Cc4ccccc4)CC3)c(C(=O)NCCN3CCOCC3)c2)c(OC)c1. The highest BCUT2D eigenvalue weighted by Gasteiger charge is 2.24. The standard InChI is InChI=1S/C34H42N4O5/c1-41-28-9-10-29(32(24-28)42-2)34(40)36-27-8-11-31(30(23-27)33(39)35-14-17-37-18-20-43-21-19-37)38-15-12-26(13-16-38)22-25-6-4-3-5-7-25/h3-11,23-24,26H,12-22H2,1-2H3,(H,35,39)(H,36,40). The minimum atomic E-state index is -0.326. The van der Waals surface area contributed by atoms with Gasteiger partial charge in [-0.3, -0.25) is 14.5 Å². The van der Waals surface area contributed by atoms with Crippen molar-refractivity contribution >= 4 is 23.2 Å². The van der Waals surface area contributed by atoms with Crippen LogP contribution in [0.15, 0.2) is 66.7 Å². The quantitative estimate of drug-likeness (QED) is 0.342. The molecule has 9 nitrogen and oxygen atoms in total. The summed E-state index contributed by atoms with van der Waals surface area (Å²) in [4.78, 5) is 31.4. The molecule has 0 unspecified atom stereocenters. The lowest BCUT2D eigenvalue weighted by Crippen LogP contribution is -2.41.